The Hall–Kier alpha value is -1.22. The molecule has 0 bridgehead atoms. The number of esters is 1. The minimum Gasteiger partial charge on any atom is -0.459 e. The highest BCUT2D eigenvalue weighted by Crippen LogP contribution is 2.39. The third-order valence-corrected chi connectivity index (χ3v) is 4.05. The maximum atomic E-state index is 11.7. The molecule has 1 aromatic carbocycles. The summed E-state index contributed by atoms with van der Waals surface area (Å²) < 4.78 is 5.70. The van der Waals surface area contributed by atoms with E-state index in [1.54, 1.807) is 6.07 Å². The molecule has 1 aliphatic carbocycles. The molecule has 1 aromatic rings. The summed E-state index contributed by atoms with van der Waals surface area (Å²) in [6.07, 6.45) is 4.48. The number of nitrogen functional groups attached to an aromatic ring is 1. The lowest BCUT2D eigenvalue weighted by atomic mass is 9.90. The molecule has 0 heterocycles. The molecule has 1 saturated carbocycles. The van der Waals surface area contributed by atoms with E-state index in [4.69, 9.17) is 22.1 Å². The highest BCUT2D eigenvalue weighted by atomic mass is 35.5. The van der Waals surface area contributed by atoms with Crippen molar-refractivity contribution in [2.75, 3.05) is 5.73 Å². The molecule has 0 aromatic heterocycles. The molecule has 0 radical (unpaired) electrons. The van der Waals surface area contributed by atoms with E-state index in [0.717, 1.165) is 12.0 Å². The topological polar surface area (TPSA) is 52.3 Å². The summed E-state index contributed by atoms with van der Waals surface area (Å²) in [7, 11) is 0. The van der Waals surface area contributed by atoms with Crippen molar-refractivity contribution in [3.63, 3.8) is 0 Å². The van der Waals surface area contributed by atoms with Crippen molar-refractivity contribution in [1.29, 1.82) is 0 Å². The van der Waals surface area contributed by atoms with Gasteiger partial charge in [0.1, 0.15) is 5.60 Å². The fourth-order valence-electron chi connectivity index (χ4n) is 2.56. The van der Waals surface area contributed by atoms with Crippen LogP contribution in [0.15, 0.2) is 18.2 Å². The van der Waals surface area contributed by atoms with Crippen LogP contribution in [0.4, 0.5) is 5.69 Å². The second kappa shape index (κ2) is 6.04. The smallest absolute Gasteiger partial charge is 0.306 e. The lowest BCUT2D eigenvalue weighted by molar-refractivity contribution is -0.158. The average molecular weight is 296 g/mol. The van der Waals surface area contributed by atoms with Crippen LogP contribution >= 0.6 is 11.6 Å². The second-order valence-electron chi connectivity index (χ2n) is 5.96. The molecule has 0 aliphatic heterocycles. The Bertz CT molecular complexity index is 499. The Morgan fingerprint density at radius 3 is 2.75 bits per heavy atom. The van der Waals surface area contributed by atoms with Gasteiger partial charge in [-0.15, -0.1) is 0 Å². The first kappa shape index (κ1) is 15.2. The number of halogens is 1. The highest BCUT2D eigenvalue weighted by molar-refractivity contribution is 6.33. The number of hydrogen-bond acceptors (Lipinski definition) is 3. The Morgan fingerprint density at radius 1 is 1.50 bits per heavy atom. The minimum absolute atomic E-state index is 0.143. The second-order valence-corrected chi connectivity index (χ2v) is 6.36. The highest BCUT2D eigenvalue weighted by Gasteiger charge is 2.36. The molecule has 4 heteroatoms. The molecule has 20 heavy (non-hydrogen) atoms. The molecule has 2 N–H and O–H groups in total. The maximum Gasteiger partial charge on any atom is 0.306 e. The van der Waals surface area contributed by atoms with E-state index >= 15 is 0 Å². The van der Waals surface area contributed by atoms with Gasteiger partial charge in [0.05, 0.1) is 10.7 Å². The molecule has 2 rings (SSSR count). The molecule has 0 saturated heterocycles. The molecule has 0 spiro atoms. The van der Waals surface area contributed by atoms with Crippen LogP contribution < -0.4 is 5.73 Å². The first-order chi connectivity index (χ1) is 9.42. The summed E-state index contributed by atoms with van der Waals surface area (Å²) in [6.45, 7) is 3.84. The lowest BCUT2D eigenvalue weighted by Gasteiger charge is -2.30. The van der Waals surface area contributed by atoms with E-state index in [1.165, 1.54) is 12.8 Å². The molecule has 1 fully saturated rings. The molecule has 1 aliphatic rings. The van der Waals surface area contributed by atoms with Crippen molar-refractivity contribution < 1.29 is 9.53 Å². The molecule has 3 nitrogen and oxygen atoms in total. The van der Waals surface area contributed by atoms with Crippen LogP contribution in [-0.2, 0) is 16.0 Å². The number of carbonyl (C=O) groups excluding carboxylic acids is 1. The number of rotatable bonds is 6. The van der Waals surface area contributed by atoms with Gasteiger partial charge in [-0.05, 0) is 37.0 Å². The minimum atomic E-state index is -0.450. The van der Waals surface area contributed by atoms with Crippen molar-refractivity contribution >= 4 is 23.3 Å². The molecule has 1 atom stereocenters. The van der Waals surface area contributed by atoms with Crippen LogP contribution in [0.25, 0.3) is 0 Å². The van der Waals surface area contributed by atoms with Crippen LogP contribution in [0.1, 0.15) is 45.1 Å². The van der Waals surface area contributed by atoms with Gasteiger partial charge < -0.3 is 10.5 Å². The van der Waals surface area contributed by atoms with E-state index < -0.39 is 5.60 Å². The fourth-order valence-corrected chi connectivity index (χ4v) is 2.68. The standard InChI is InChI=1S/C16H22ClNO2/c1-3-15(19)20-16(2,9-11-4-5-11)10-12-6-7-13(17)14(18)8-12/h6-8,11H,3-5,9-10,18H2,1-2H3. The van der Waals surface area contributed by atoms with Gasteiger partial charge in [-0.3, -0.25) is 4.79 Å². The third kappa shape index (κ3) is 4.14. The van der Waals surface area contributed by atoms with Crippen LogP contribution in [0.5, 0.6) is 0 Å². The number of hydrogen-bond donors (Lipinski definition) is 1. The molecular weight excluding hydrogens is 274 g/mol. The Kier molecular flexibility index (Phi) is 4.59. The number of ether oxygens (including phenoxy) is 1. The van der Waals surface area contributed by atoms with Gasteiger partial charge in [0.2, 0.25) is 0 Å². The fraction of sp³-hybridized carbons (Fsp3) is 0.562. The van der Waals surface area contributed by atoms with Crippen LogP contribution in [0.3, 0.4) is 0 Å². The zero-order valence-corrected chi connectivity index (χ0v) is 12.9. The zero-order valence-electron chi connectivity index (χ0n) is 12.1. The van der Waals surface area contributed by atoms with Crippen LogP contribution in [0.2, 0.25) is 5.02 Å². The normalized spacial score (nSPS) is 17.6. The van der Waals surface area contributed by atoms with Crippen LogP contribution in [0, 0.1) is 5.92 Å². The summed E-state index contributed by atoms with van der Waals surface area (Å²) in [5, 5.41) is 0.559. The predicted molar refractivity (Wildman–Crippen MR) is 81.7 cm³/mol. The van der Waals surface area contributed by atoms with Crippen molar-refractivity contribution in [3.8, 4) is 0 Å². The summed E-state index contributed by atoms with van der Waals surface area (Å²) >= 11 is 5.94. The van der Waals surface area contributed by atoms with Crippen molar-refractivity contribution in [2.45, 2.75) is 51.6 Å². The quantitative estimate of drug-likeness (QED) is 0.638. The average Bonchev–Trinajstić information content (AvgIpc) is 3.17. The number of anilines is 1. The van der Waals surface area contributed by atoms with E-state index in [1.807, 2.05) is 26.0 Å². The first-order valence-electron chi connectivity index (χ1n) is 7.17. The van der Waals surface area contributed by atoms with E-state index in [9.17, 15) is 4.79 Å². The molecular formula is C16H22ClNO2. The van der Waals surface area contributed by atoms with Gasteiger partial charge in [0.25, 0.3) is 0 Å². The van der Waals surface area contributed by atoms with E-state index in [0.29, 0.717) is 29.5 Å². The monoisotopic (exact) mass is 295 g/mol. The summed E-state index contributed by atoms with van der Waals surface area (Å²) in [4.78, 5) is 11.7. The van der Waals surface area contributed by atoms with Gasteiger partial charge in [0, 0.05) is 12.8 Å². The third-order valence-electron chi connectivity index (χ3n) is 3.70. The van der Waals surface area contributed by atoms with E-state index in [2.05, 4.69) is 0 Å². The van der Waals surface area contributed by atoms with Gasteiger partial charge in [-0.2, -0.15) is 0 Å². The van der Waals surface area contributed by atoms with Gasteiger partial charge in [0.15, 0.2) is 0 Å². The predicted octanol–water partition coefficient (Wildman–Crippen LogP) is 3.98. The summed E-state index contributed by atoms with van der Waals surface area (Å²) in [6, 6.07) is 5.61. The Balaban J connectivity index is 2.12. The lowest BCUT2D eigenvalue weighted by Crippen LogP contribution is -2.34. The molecule has 110 valence electrons. The number of carbonyl (C=O) groups is 1. The SMILES string of the molecule is CCC(=O)OC(C)(Cc1ccc(Cl)c(N)c1)CC1CC1. The van der Waals surface area contributed by atoms with Crippen LogP contribution in [-0.4, -0.2) is 11.6 Å². The van der Waals surface area contributed by atoms with E-state index in [-0.39, 0.29) is 5.97 Å². The number of nitrogens with two attached hydrogens (primary N) is 1. The maximum absolute atomic E-state index is 11.7. The Labute approximate surface area is 125 Å². The first-order valence-corrected chi connectivity index (χ1v) is 7.55. The largest absolute Gasteiger partial charge is 0.459 e. The molecule has 0 amide bonds. The van der Waals surface area contributed by atoms with Gasteiger partial charge in [-0.25, -0.2) is 0 Å². The van der Waals surface area contributed by atoms with Gasteiger partial charge in [-0.1, -0.05) is 37.4 Å². The van der Waals surface area contributed by atoms with Crippen molar-refractivity contribution in [2.24, 2.45) is 5.92 Å². The number of benzene rings is 1. The summed E-state index contributed by atoms with van der Waals surface area (Å²) in [5.74, 6) is 0.546. The zero-order chi connectivity index (χ0) is 14.8. The summed E-state index contributed by atoms with van der Waals surface area (Å²) in [5.41, 5.74) is 7.01. The van der Waals surface area contributed by atoms with Crippen molar-refractivity contribution in [3.05, 3.63) is 28.8 Å². The molecule has 1 unspecified atom stereocenters. The van der Waals surface area contributed by atoms with Gasteiger partial charge >= 0.3 is 5.97 Å². The van der Waals surface area contributed by atoms with Crippen molar-refractivity contribution in [1.82, 2.24) is 0 Å². The Morgan fingerprint density at radius 2 is 2.20 bits per heavy atom.